The molecule has 0 aromatic heterocycles. The van der Waals surface area contributed by atoms with Gasteiger partial charge in [0.2, 0.25) is 0 Å². The van der Waals surface area contributed by atoms with Crippen LogP contribution in [0.3, 0.4) is 0 Å². The lowest BCUT2D eigenvalue weighted by Crippen LogP contribution is -2.30. The molecule has 0 unspecified atom stereocenters. The third kappa shape index (κ3) is 2.74. The van der Waals surface area contributed by atoms with Gasteiger partial charge in [-0.25, -0.2) is 4.79 Å². The van der Waals surface area contributed by atoms with E-state index in [0.29, 0.717) is 10.6 Å². The highest BCUT2D eigenvalue weighted by Crippen LogP contribution is 2.09. The summed E-state index contributed by atoms with van der Waals surface area (Å²) in [6, 6.07) is 7.44. The Morgan fingerprint density at radius 3 is 3.00 bits per heavy atom. The lowest BCUT2D eigenvalue weighted by molar-refractivity contribution is 0.177. The summed E-state index contributed by atoms with van der Waals surface area (Å²) in [6.07, 6.45) is -0.682. The number of hydrogen-bond donors (Lipinski definition) is 2. The summed E-state index contributed by atoms with van der Waals surface area (Å²) in [5, 5.41) is 10.1. The number of ether oxygens (including phenoxy) is 1. The third-order valence-corrected chi connectivity index (χ3v) is 1.69. The van der Waals surface area contributed by atoms with E-state index in [1.165, 1.54) is 13.2 Å². The SMILES string of the molecule is COC(=O)NC(=N)c1cc[c]c(Cl)c1. The van der Waals surface area contributed by atoms with Crippen LogP contribution in [0, 0.1) is 11.5 Å². The molecule has 1 radical (unpaired) electrons. The molecule has 0 fully saturated rings. The van der Waals surface area contributed by atoms with E-state index < -0.39 is 6.09 Å². The Morgan fingerprint density at radius 2 is 2.43 bits per heavy atom. The average molecular weight is 212 g/mol. The molecule has 0 atom stereocenters. The van der Waals surface area contributed by atoms with Crippen molar-refractivity contribution in [2.45, 2.75) is 0 Å². The van der Waals surface area contributed by atoms with Crippen LogP contribution in [0.15, 0.2) is 18.2 Å². The second-order valence-corrected chi connectivity index (χ2v) is 2.82. The molecule has 1 amide bonds. The molecule has 2 N–H and O–H groups in total. The van der Waals surface area contributed by atoms with Gasteiger partial charge in [-0.15, -0.1) is 0 Å². The number of methoxy groups -OCH3 is 1. The fourth-order valence-corrected chi connectivity index (χ4v) is 0.999. The first-order valence-electron chi connectivity index (χ1n) is 3.74. The van der Waals surface area contributed by atoms with Crippen LogP contribution in [0.1, 0.15) is 5.56 Å². The second kappa shape index (κ2) is 4.62. The number of alkyl carbamates (subject to hydrolysis) is 1. The summed E-state index contributed by atoms with van der Waals surface area (Å²) >= 11 is 5.66. The zero-order valence-electron chi connectivity index (χ0n) is 7.43. The van der Waals surface area contributed by atoms with Gasteiger partial charge in [-0.3, -0.25) is 10.7 Å². The molecule has 0 bridgehead atoms. The number of amidine groups is 1. The molecule has 0 heterocycles. The van der Waals surface area contributed by atoms with E-state index in [0.717, 1.165) is 0 Å². The van der Waals surface area contributed by atoms with Crippen molar-refractivity contribution in [1.29, 1.82) is 5.41 Å². The van der Waals surface area contributed by atoms with Gasteiger partial charge >= 0.3 is 6.09 Å². The summed E-state index contributed by atoms with van der Waals surface area (Å²) in [5.41, 5.74) is 0.499. The molecule has 73 valence electrons. The lowest BCUT2D eigenvalue weighted by atomic mass is 10.2. The van der Waals surface area contributed by atoms with Crippen molar-refractivity contribution in [3.05, 3.63) is 34.9 Å². The van der Waals surface area contributed by atoms with Gasteiger partial charge in [0.05, 0.1) is 7.11 Å². The van der Waals surface area contributed by atoms with Crippen molar-refractivity contribution in [2.24, 2.45) is 0 Å². The van der Waals surface area contributed by atoms with Crippen LogP contribution in [0.4, 0.5) is 4.79 Å². The molecule has 0 aliphatic rings. The first-order valence-corrected chi connectivity index (χ1v) is 4.12. The summed E-state index contributed by atoms with van der Waals surface area (Å²) < 4.78 is 4.34. The molecule has 5 heteroatoms. The fraction of sp³-hybridized carbons (Fsp3) is 0.111. The van der Waals surface area contributed by atoms with Gasteiger partial charge in [0, 0.05) is 16.7 Å². The monoisotopic (exact) mass is 211 g/mol. The van der Waals surface area contributed by atoms with Crippen LogP contribution < -0.4 is 5.32 Å². The smallest absolute Gasteiger partial charge is 0.412 e. The van der Waals surface area contributed by atoms with Gasteiger partial charge < -0.3 is 4.74 Å². The Balaban J connectivity index is 2.75. The van der Waals surface area contributed by atoms with Crippen LogP contribution in [0.5, 0.6) is 0 Å². The van der Waals surface area contributed by atoms with Gasteiger partial charge in [-0.2, -0.15) is 0 Å². The van der Waals surface area contributed by atoms with Crippen molar-refractivity contribution >= 4 is 23.5 Å². The summed E-state index contributed by atoms with van der Waals surface area (Å²) in [7, 11) is 1.23. The molecule has 1 aromatic carbocycles. The van der Waals surface area contributed by atoms with Crippen molar-refractivity contribution in [3.63, 3.8) is 0 Å². The molecule has 0 saturated heterocycles. The van der Waals surface area contributed by atoms with Crippen molar-refractivity contribution in [1.82, 2.24) is 5.32 Å². The number of carbonyl (C=O) groups is 1. The second-order valence-electron chi connectivity index (χ2n) is 2.42. The van der Waals surface area contributed by atoms with E-state index in [-0.39, 0.29) is 5.84 Å². The number of nitrogens with one attached hydrogen (secondary N) is 2. The van der Waals surface area contributed by atoms with E-state index in [1.807, 2.05) is 0 Å². The van der Waals surface area contributed by atoms with E-state index in [4.69, 9.17) is 17.0 Å². The minimum Gasteiger partial charge on any atom is -0.453 e. The number of benzene rings is 1. The lowest BCUT2D eigenvalue weighted by Gasteiger charge is -2.05. The van der Waals surface area contributed by atoms with Crippen molar-refractivity contribution in [2.75, 3.05) is 7.11 Å². The number of amides is 1. The zero-order chi connectivity index (χ0) is 10.6. The number of halogens is 1. The zero-order valence-corrected chi connectivity index (χ0v) is 8.18. The Morgan fingerprint density at radius 1 is 1.71 bits per heavy atom. The average Bonchev–Trinajstić information content (AvgIpc) is 2.17. The molecule has 1 rings (SSSR count). The normalized spacial score (nSPS) is 9.29. The highest BCUT2D eigenvalue weighted by Gasteiger charge is 2.06. The van der Waals surface area contributed by atoms with Crippen LogP contribution in [-0.2, 0) is 4.74 Å². The Hall–Kier alpha value is -1.55. The number of hydrogen-bond acceptors (Lipinski definition) is 3. The fourth-order valence-electron chi connectivity index (χ4n) is 0.818. The van der Waals surface area contributed by atoms with E-state index in [2.05, 4.69) is 16.1 Å². The number of rotatable bonds is 1. The van der Waals surface area contributed by atoms with Crippen LogP contribution >= 0.6 is 11.6 Å². The molecule has 0 spiro atoms. The number of carbonyl (C=O) groups excluding carboxylic acids is 1. The van der Waals surface area contributed by atoms with E-state index >= 15 is 0 Å². The van der Waals surface area contributed by atoms with Crippen molar-refractivity contribution in [3.8, 4) is 0 Å². The van der Waals surface area contributed by atoms with Gasteiger partial charge in [0.15, 0.2) is 0 Å². The van der Waals surface area contributed by atoms with E-state index in [1.54, 1.807) is 12.1 Å². The first-order chi connectivity index (χ1) is 6.63. The minimum atomic E-state index is -0.682. The molecule has 14 heavy (non-hydrogen) atoms. The molecule has 4 nitrogen and oxygen atoms in total. The Labute approximate surface area is 86.3 Å². The summed E-state index contributed by atoms with van der Waals surface area (Å²) in [6.45, 7) is 0. The van der Waals surface area contributed by atoms with Crippen molar-refractivity contribution < 1.29 is 9.53 Å². The molecular weight excluding hydrogens is 204 g/mol. The highest BCUT2D eigenvalue weighted by molar-refractivity contribution is 6.30. The molecule has 0 aliphatic heterocycles. The predicted octanol–water partition coefficient (Wildman–Crippen LogP) is 1.82. The maximum absolute atomic E-state index is 10.8. The maximum Gasteiger partial charge on any atom is 0.412 e. The molecular formula is C9H8ClN2O2. The molecule has 1 aromatic rings. The minimum absolute atomic E-state index is 0.0623. The highest BCUT2D eigenvalue weighted by atomic mass is 35.5. The van der Waals surface area contributed by atoms with Gasteiger partial charge in [-0.1, -0.05) is 23.7 Å². The maximum atomic E-state index is 10.8. The summed E-state index contributed by atoms with van der Waals surface area (Å²) in [4.78, 5) is 10.8. The molecule has 0 aliphatic carbocycles. The van der Waals surface area contributed by atoms with Crippen LogP contribution in [0.25, 0.3) is 0 Å². The largest absolute Gasteiger partial charge is 0.453 e. The third-order valence-electron chi connectivity index (χ3n) is 1.47. The van der Waals surface area contributed by atoms with Gasteiger partial charge in [-0.05, 0) is 6.07 Å². The molecule has 0 saturated carbocycles. The topological polar surface area (TPSA) is 62.2 Å². The van der Waals surface area contributed by atoms with E-state index in [9.17, 15) is 4.79 Å². The Kier molecular flexibility index (Phi) is 3.48. The summed E-state index contributed by atoms with van der Waals surface area (Å²) in [5.74, 6) is -0.0623. The Bertz CT molecular complexity index is 366. The van der Waals surface area contributed by atoms with Crippen LogP contribution in [-0.4, -0.2) is 19.0 Å². The quantitative estimate of drug-likeness (QED) is 0.550. The van der Waals surface area contributed by atoms with Gasteiger partial charge in [0.25, 0.3) is 0 Å². The predicted molar refractivity (Wildman–Crippen MR) is 52.7 cm³/mol. The first kappa shape index (κ1) is 10.5. The van der Waals surface area contributed by atoms with Crippen LogP contribution in [0.2, 0.25) is 5.02 Å². The van der Waals surface area contributed by atoms with Gasteiger partial charge in [0.1, 0.15) is 5.84 Å². The standard InChI is InChI=1S/C9H8ClN2O2/c1-14-9(13)12-8(11)6-3-2-4-7(10)5-6/h2-3,5H,1H3,(H2,11,12,13).